The normalized spacial score (nSPS) is 10.7. The Hall–Kier alpha value is -2.35. The summed E-state index contributed by atoms with van der Waals surface area (Å²) < 4.78 is 0. The molecule has 18 heavy (non-hydrogen) atoms. The van der Waals surface area contributed by atoms with Crippen LogP contribution in [0.4, 0.5) is 0 Å². The molecule has 1 amide bonds. The number of benzene rings is 2. The molecule has 0 aliphatic rings. The predicted octanol–water partition coefficient (Wildman–Crippen LogP) is 3.26. The van der Waals surface area contributed by atoms with Crippen LogP contribution in [0.1, 0.15) is 27.0 Å². The van der Waals surface area contributed by atoms with Crippen LogP contribution in [-0.2, 0) is 0 Å². The molecule has 0 atom stereocenters. The van der Waals surface area contributed by atoms with Crippen LogP contribution in [-0.4, -0.2) is 5.91 Å². The van der Waals surface area contributed by atoms with Crippen molar-refractivity contribution in [2.24, 2.45) is 5.73 Å². The molecule has 2 N–H and O–H groups in total. The Labute approximate surface area is 107 Å². The molecule has 0 heterocycles. The number of carbonyl (C=O) groups excluding carboxylic acids is 1. The third-order valence-electron chi connectivity index (χ3n) is 2.73. The first-order valence-corrected chi connectivity index (χ1v) is 5.80. The maximum atomic E-state index is 11.3. The Bertz CT molecular complexity index is 585. The fraction of sp³-hybridized carbons (Fsp3) is 0.0625. The summed E-state index contributed by atoms with van der Waals surface area (Å²) in [5.41, 5.74) is 8.96. The van der Waals surface area contributed by atoms with E-state index in [9.17, 15) is 4.79 Å². The van der Waals surface area contributed by atoms with E-state index in [2.05, 4.69) is 0 Å². The van der Waals surface area contributed by atoms with E-state index in [1.165, 1.54) is 0 Å². The highest BCUT2D eigenvalue weighted by molar-refractivity contribution is 5.97. The second-order valence-corrected chi connectivity index (χ2v) is 4.20. The molecule has 0 saturated carbocycles. The predicted molar refractivity (Wildman–Crippen MR) is 75.1 cm³/mol. The smallest absolute Gasteiger partial charge is 0.249 e. The van der Waals surface area contributed by atoms with Crippen molar-refractivity contribution in [3.05, 3.63) is 70.8 Å². The van der Waals surface area contributed by atoms with Crippen molar-refractivity contribution >= 4 is 18.1 Å². The lowest BCUT2D eigenvalue weighted by Crippen LogP contribution is -2.12. The van der Waals surface area contributed by atoms with Gasteiger partial charge in [0.05, 0.1) is 0 Å². The van der Waals surface area contributed by atoms with Crippen LogP contribution in [0.3, 0.4) is 0 Å². The zero-order valence-corrected chi connectivity index (χ0v) is 10.3. The summed E-state index contributed by atoms with van der Waals surface area (Å²) in [5.74, 6) is -0.400. The first-order chi connectivity index (χ1) is 8.66. The highest BCUT2D eigenvalue weighted by atomic mass is 16.1. The zero-order valence-electron chi connectivity index (χ0n) is 10.3. The summed E-state index contributed by atoms with van der Waals surface area (Å²) in [5, 5.41) is 0. The number of hydrogen-bond donors (Lipinski definition) is 1. The molecule has 0 aromatic heterocycles. The van der Waals surface area contributed by atoms with Crippen molar-refractivity contribution in [1.29, 1.82) is 0 Å². The lowest BCUT2D eigenvalue weighted by atomic mass is 10.0. The standard InChI is InChI=1S/C16H15NO/c1-12-7-10-15(16(17)18)14(11-12)9-8-13-5-3-2-4-6-13/h2-11H,1H3,(H2,17,18)/b9-8+. The monoisotopic (exact) mass is 237 g/mol. The van der Waals surface area contributed by atoms with E-state index in [0.29, 0.717) is 5.56 Å². The van der Waals surface area contributed by atoms with Gasteiger partial charge in [-0.15, -0.1) is 0 Å². The van der Waals surface area contributed by atoms with E-state index in [4.69, 9.17) is 5.73 Å². The average molecular weight is 237 g/mol. The Kier molecular flexibility index (Phi) is 3.58. The molecule has 2 aromatic carbocycles. The number of rotatable bonds is 3. The average Bonchev–Trinajstić information content (AvgIpc) is 2.37. The highest BCUT2D eigenvalue weighted by Crippen LogP contribution is 2.15. The number of carbonyl (C=O) groups is 1. The van der Waals surface area contributed by atoms with E-state index < -0.39 is 5.91 Å². The van der Waals surface area contributed by atoms with Crippen LogP contribution in [0.15, 0.2) is 48.5 Å². The van der Waals surface area contributed by atoms with Gasteiger partial charge < -0.3 is 5.73 Å². The Balaban J connectivity index is 2.36. The maximum Gasteiger partial charge on any atom is 0.249 e. The maximum absolute atomic E-state index is 11.3. The van der Waals surface area contributed by atoms with Gasteiger partial charge in [0.15, 0.2) is 0 Å². The van der Waals surface area contributed by atoms with Crippen molar-refractivity contribution in [3.8, 4) is 0 Å². The number of primary amides is 1. The number of nitrogens with two attached hydrogens (primary N) is 1. The molecule has 2 rings (SSSR count). The summed E-state index contributed by atoms with van der Waals surface area (Å²) in [6.07, 6.45) is 3.89. The van der Waals surface area contributed by atoms with Gasteiger partial charge in [-0.2, -0.15) is 0 Å². The first-order valence-electron chi connectivity index (χ1n) is 5.80. The summed E-state index contributed by atoms with van der Waals surface area (Å²) in [6, 6.07) is 15.6. The minimum Gasteiger partial charge on any atom is -0.366 e. The third-order valence-corrected chi connectivity index (χ3v) is 2.73. The van der Waals surface area contributed by atoms with Crippen LogP contribution < -0.4 is 5.73 Å². The van der Waals surface area contributed by atoms with E-state index in [1.54, 1.807) is 6.07 Å². The van der Waals surface area contributed by atoms with Crippen LogP contribution in [0.25, 0.3) is 12.2 Å². The Morgan fingerprint density at radius 1 is 1.06 bits per heavy atom. The summed E-state index contributed by atoms with van der Waals surface area (Å²) in [7, 11) is 0. The zero-order chi connectivity index (χ0) is 13.0. The van der Waals surface area contributed by atoms with Crippen molar-refractivity contribution in [1.82, 2.24) is 0 Å². The van der Waals surface area contributed by atoms with Gasteiger partial charge in [-0.1, -0.05) is 60.2 Å². The van der Waals surface area contributed by atoms with Gasteiger partial charge in [-0.25, -0.2) is 0 Å². The van der Waals surface area contributed by atoms with Gasteiger partial charge in [-0.3, -0.25) is 4.79 Å². The lowest BCUT2D eigenvalue weighted by molar-refractivity contribution is 0.1000. The molecule has 2 aromatic rings. The molecule has 0 saturated heterocycles. The van der Waals surface area contributed by atoms with Crippen molar-refractivity contribution < 1.29 is 4.79 Å². The molecule has 90 valence electrons. The molecule has 0 unspecified atom stereocenters. The molecule has 0 aliphatic carbocycles. The Morgan fingerprint density at radius 2 is 1.78 bits per heavy atom. The largest absolute Gasteiger partial charge is 0.366 e. The van der Waals surface area contributed by atoms with E-state index in [1.807, 2.05) is 61.5 Å². The SMILES string of the molecule is Cc1ccc(C(N)=O)c(/C=C/c2ccccc2)c1. The summed E-state index contributed by atoms with van der Waals surface area (Å²) in [4.78, 5) is 11.3. The van der Waals surface area contributed by atoms with Crippen LogP contribution in [0.2, 0.25) is 0 Å². The molecule has 0 aliphatic heterocycles. The Morgan fingerprint density at radius 3 is 2.44 bits per heavy atom. The van der Waals surface area contributed by atoms with Crippen LogP contribution in [0.5, 0.6) is 0 Å². The molecule has 0 fully saturated rings. The first kappa shape index (κ1) is 12.1. The molecule has 0 radical (unpaired) electrons. The second-order valence-electron chi connectivity index (χ2n) is 4.20. The fourth-order valence-electron chi connectivity index (χ4n) is 1.79. The number of hydrogen-bond acceptors (Lipinski definition) is 1. The van der Waals surface area contributed by atoms with Gasteiger partial charge in [0.1, 0.15) is 0 Å². The molecular weight excluding hydrogens is 222 g/mol. The molecule has 2 nitrogen and oxygen atoms in total. The minimum absolute atomic E-state index is 0.400. The van der Waals surface area contributed by atoms with Gasteiger partial charge in [0.2, 0.25) is 5.91 Å². The third kappa shape index (κ3) is 2.86. The van der Waals surface area contributed by atoms with Gasteiger partial charge in [0.25, 0.3) is 0 Å². The number of amides is 1. The topological polar surface area (TPSA) is 43.1 Å². The van der Waals surface area contributed by atoms with Crippen molar-refractivity contribution in [2.75, 3.05) is 0 Å². The van der Waals surface area contributed by atoms with E-state index >= 15 is 0 Å². The van der Waals surface area contributed by atoms with E-state index in [0.717, 1.165) is 16.7 Å². The van der Waals surface area contributed by atoms with E-state index in [-0.39, 0.29) is 0 Å². The van der Waals surface area contributed by atoms with Gasteiger partial charge in [0, 0.05) is 5.56 Å². The van der Waals surface area contributed by atoms with Crippen molar-refractivity contribution in [3.63, 3.8) is 0 Å². The number of aryl methyl sites for hydroxylation is 1. The molecule has 2 heteroatoms. The summed E-state index contributed by atoms with van der Waals surface area (Å²) in [6.45, 7) is 1.99. The highest BCUT2D eigenvalue weighted by Gasteiger charge is 2.05. The minimum atomic E-state index is -0.400. The summed E-state index contributed by atoms with van der Waals surface area (Å²) >= 11 is 0. The van der Waals surface area contributed by atoms with Crippen LogP contribution >= 0.6 is 0 Å². The molecule has 0 spiro atoms. The lowest BCUT2D eigenvalue weighted by Gasteiger charge is -2.03. The van der Waals surface area contributed by atoms with Gasteiger partial charge >= 0.3 is 0 Å². The quantitative estimate of drug-likeness (QED) is 0.818. The fourth-order valence-corrected chi connectivity index (χ4v) is 1.79. The molecule has 0 bridgehead atoms. The van der Waals surface area contributed by atoms with Crippen LogP contribution in [0, 0.1) is 6.92 Å². The second kappa shape index (κ2) is 5.32. The van der Waals surface area contributed by atoms with Gasteiger partial charge in [-0.05, 0) is 24.1 Å². The molecular formula is C16H15NO. The van der Waals surface area contributed by atoms with Crippen molar-refractivity contribution in [2.45, 2.75) is 6.92 Å².